The fraction of sp³-hybridized carbons (Fsp3) is 0.647. The number of hydrogen-bond acceptors (Lipinski definition) is 3. The largest absolute Gasteiger partial charge is 0.369 e. The molecule has 2 rings (SSSR count). The molecule has 3 nitrogen and oxygen atoms in total. The Morgan fingerprint density at radius 1 is 1.19 bits per heavy atom. The second-order valence-electron chi connectivity index (χ2n) is 6.17. The fourth-order valence-electron chi connectivity index (χ4n) is 2.80. The third-order valence-corrected chi connectivity index (χ3v) is 4.00. The van der Waals surface area contributed by atoms with Crippen LogP contribution in [0.5, 0.6) is 0 Å². The van der Waals surface area contributed by atoms with Gasteiger partial charge in [-0.15, -0.1) is 0 Å². The number of nitrogens with one attached hydrogen (secondary N) is 1. The van der Waals surface area contributed by atoms with Crippen LogP contribution in [0.1, 0.15) is 31.2 Å². The molecule has 0 saturated carbocycles. The van der Waals surface area contributed by atoms with E-state index in [2.05, 4.69) is 29.2 Å². The lowest BCUT2D eigenvalue weighted by molar-refractivity contribution is 0.394. The van der Waals surface area contributed by atoms with Gasteiger partial charge in [0.25, 0.3) is 0 Å². The smallest absolute Gasteiger partial charge is 0.146 e. The maximum absolute atomic E-state index is 14.0. The van der Waals surface area contributed by atoms with Crippen LogP contribution in [-0.2, 0) is 6.54 Å². The molecule has 1 fully saturated rings. The Labute approximate surface area is 128 Å². The van der Waals surface area contributed by atoms with Crippen molar-refractivity contribution in [3.8, 4) is 0 Å². The predicted octanol–water partition coefficient (Wildman–Crippen LogP) is 2.86. The molecule has 1 aromatic rings. The van der Waals surface area contributed by atoms with Crippen LogP contribution in [-0.4, -0.2) is 45.2 Å². The summed E-state index contributed by atoms with van der Waals surface area (Å²) >= 11 is 0. The van der Waals surface area contributed by atoms with Crippen molar-refractivity contribution >= 4 is 5.69 Å². The third-order valence-electron chi connectivity index (χ3n) is 4.00. The molecule has 1 aliphatic rings. The van der Waals surface area contributed by atoms with Crippen molar-refractivity contribution in [1.29, 1.82) is 0 Å². The molecule has 1 N–H and O–H groups in total. The number of anilines is 1. The van der Waals surface area contributed by atoms with Crippen molar-refractivity contribution in [2.75, 3.05) is 45.2 Å². The zero-order valence-corrected chi connectivity index (χ0v) is 13.4. The predicted molar refractivity (Wildman–Crippen MR) is 87.3 cm³/mol. The average Bonchev–Trinajstić information content (AvgIpc) is 2.49. The topological polar surface area (TPSA) is 18.5 Å². The van der Waals surface area contributed by atoms with Crippen molar-refractivity contribution in [2.45, 2.75) is 32.2 Å². The molecule has 1 aliphatic heterocycles. The van der Waals surface area contributed by atoms with Crippen molar-refractivity contribution in [3.63, 3.8) is 0 Å². The van der Waals surface area contributed by atoms with Gasteiger partial charge in [0, 0.05) is 19.6 Å². The van der Waals surface area contributed by atoms with Gasteiger partial charge < -0.3 is 15.1 Å². The molecule has 0 aromatic heterocycles. The maximum atomic E-state index is 14.0. The van der Waals surface area contributed by atoms with Gasteiger partial charge in [-0.1, -0.05) is 6.07 Å². The van der Waals surface area contributed by atoms with E-state index in [4.69, 9.17) is 0 Å². The molecule has 4 heteroatoms. The minimum absolute atomic E-state index is 0.0896. The molecule has 1 saturated heterocycles. The van der Waals surface area contributed by atoms with Gasteiger partial charge in [-0.2, -0.15) is 0 Å². The van der Waals surface area contributed by atoms with Gasteiger partial charge in [-0.25, -0.2) is 4.39 Å². The molecule has 1 heterocycles. The van der Waals surface area contributed by atoms with Gasteiger partial charge in [0.2, 0.25) is 0 Å². The van der Waals surface area contributed by atoms with E-state index in [-0.39, 0.29) is 5.82 Å². The van der Waals surface area contributed by atoms with Crippen LogP contribution in [0.4, 0.5) is 10.1 Å². The minimum Gasteiger partial charge on any atom is -0.369 e. The fourth-order valence-corrected chi connectivity index (χ4v) is 2.80. The molecule has 0 radical (unpaired) electrons. The van der Waals surface area contributed by atoms with Crippen LogP contribution in [0.3, 0.4) is 0 Å². The summed E-state index contributed by atoms with van der Waals surface area (Å²) in [6, 6.07) is 5.52. The first-order valence-electron chi connectivity index (χ1n) is 8.05. The Balaban J connectivity index is 1.86. The lowest BCUT2D eigenvalue weighted by atomic mass is 10.1. The van der Waals surface area contributed by atoms with Gasteiger partial charge in [-0.05, 0) is 70.6 Å². The summed E-state index contributed by atoms with van der Waals surface area (Å²) < 4.78 is 14.0. The highest BCUT2D eigenvalue weighted by Gasteiger charge is 2.15. The molecule has 0 atom stereocenters. The molecular formula is C17H28FN3. The first kappa shape index (κ1) is 16.2. The minimum atomic E-state index is -0.0896. The Hall–Kier alpha value is -1.13. The van der Waals surface area contributed by atoms with Gasteiger partial charge in [0.1, 0.15) is 5.82 Å². The van der Waals surface area contributed by atoms with Crippen molar-refractivity contribution in [3.05, 3.63) is 29.6 Å². The van der Waals surface area contributed by atoms with E-state index in [0.717, 1.165) is 44.8 Å². The van der Waals surface area contributed by atoms with Crippen LogP contribution < -0.4 is 10.2 Å². The summed E-state index contributed by atoms with van der Waals surface area (Å²) in [6.07, 6.45) is 4.75. The zero-order chi connectivity index (χ0) is 15.1. The normalized spacial score (nSPS) is 15.7. The molecule has 1 aromatic carbocycles. The van der Waals surface area contributed by atoms with Gasteiger partial charge in [0.05, 0.1) is 5.69 Å². The third kappa shape index (κ3) is 5.29. The standard InChI is InChI=1S/C17H28FN3/c1-20(2)10-6-9-19-14-15-7-8-16(18)17(13-15)21-11-4-3-5-12-21/h7-8,13,19H,3-6,9-12,14H2,1-2H3. The number of piperidine rings is 1. The van der Waals surface area contributed by atoms with Gasteiger partial charge in [-0.3, -0.25) is 0 Å². The van der Waals surface area contributed by atoms with E-state index in [1.807, 2.05) is 12.1 Å². The van der Waals surface area contributed by atoms with Crippen molar-refractivity contribution < 1.29 is 4.39 Å². The lowest BCUT2D eigenvalue weighted by Gasteiger charge is -2.29. The van der Waals surface area contributed by atoms with E-state index >= 15 is 0 Å². The summed E-state index contributed by atoms with van der Waals surface area (Å²) in [6.45, 7) is 4.87. The van der Waals surface area contributed by atoms with Crippen LogP contribution in [0.2, 0.25) is 0 Å². The number of rotatable bonds is 7. The SMILES string of the molecule is CN(C)CCCNCc1ccc(F)c(N2CCCCC2)c1. The lowest BCUT2D eigenvalue weighted by Crippen LogP contribution is -2.30. The highest BCUT2D eigenvalue weighted by molar-refractivity contribution is 5.50. The number of hydrogen-bond donors (Lipinski definition) is 1. The summed E-state index contributed by atoms with van der Waals surface area (Å²) in [5.41, 5.74) is 1.95. The summed E-state index contributed by atoms with van der Waals surface area (Å²) in [5.74, 6) is -0.0896. The second-order valence-corrected chi connectivity index (χ2v) is 6.17. The van der Waals surface area contributed by atoms with Gasteiger partial charge in [0.15, 0.2) is 0 Å². The Morgan fingerprint density at radius 2 is 1.95 bits per heavy atom. The van der Waals surface area contributed by atoms with Crippen molar-refractivity contribution in [2.24, 2.45) is 0 Å². The molecule has 0 aliphatic carbocycles. The molecular weight excluding hydrogens is 265 g/mol. The highest BCUT2D eigenvalue weighted by atomic mass is 19.1. The molecule has 0 amide bonds. The quantitative estimate of drug-likeness (QED) is 0.780. The van der Waals surface area contributed by atoms with E-state index in [1.54, 1.807) is 6.07 Å². The molecule has 0 spiro atoms. The summed E-state index contributed by atoms with van der Waals surface area (Å²) in [7, 11) is 4.18. The zero-order valence-electron chi connectivity index (χ0n) is 13.4. The number of nitrogens with zero attached hydrogens (tertiary/aromatic N) is 2. The number of halogens is 1. The second kappa shape index (κ2) is 8.35. The Kier molecular flexibility index (Phi) is 6.46. The van der Waals surface area contributed by atoms with E-state index in [9.17, 15) is 4.39 Å². The van der Waals surface area contributed by atoms with Crippen LogP contribution in [0.25, 0.3) is 0 Å². The summed E-state index contributed by atoms with van der Waals surface area (Å²) in [4.78, 5) is 4.38. The van der Waals surface area contributed by atoms with E-state index in [1.165, 1.54) is 24.8 Å². The molecule has 21 heavy (non-hydrogen) atoms. The van der Waals surface area contributed by atoms with E-state index < -0.39 is 0 Å². The maximum Gasteiger partial charge on any atom is 0.146 e. The van der Waals surface area contributed by atoms with Crippen LogP contribution in [0.15, 0.2) is 18.2 Å². The van der Waals surface area contributed by atoms with Crippen molar-refractivity contribution in [1.82, 2.24) is 10.2 Å². The Morgan fingerprint density at radius 3 is 2.67 bits per heavy atom. The molecule has 0 bridgehead atoms. The van der Waals surface area contributed by atoms with Crippen LogP contribution in [0, 0.1) is 5.82 Å². The first-order valence-corrected chi connectivity index (χ1v) is 8.05. The first-order chi connectivity index (χ1) is 10.2. The van der Waals surface area contributed by atoms with Crippen LogP contribution >= 0.6 is 0 Å². The van der Waals surface area contributed by atoms with Gasteiger partial charge >= 0.3 is 0 Å². The molecule has 118 valence electrons. The number of benzene rings is 1. The summed E-state index contributed by atoms with van der Waals surface area (Å²) in [5, 5.41) is 3.44. The highest BCUT2D eigenvalue weighted by Crippen LogP contribution is 2.24. The monoisotopic (exact) mass is 293 g/mol. The Bertz CT molecular complexity index is 428. The average molecular weight is 293 g/mol. The molecule has 0 unspecified atom stereocenters. The van der Waals surface area contributed by atoms with E-state index in [0.29, 0.717) is 0 Å².